The van der Waals surface area contributed by atoms with Gasteiger partial charge in [0.1, 0.15) is 5.76 Å². The lowest BCUT2D eigenvalue weighted by atomic mass is 10.1. The van der Waals surface area contributed by atoms with Crippen molar-refractivity contribution in [3.05, 3.63) is 64.4 Å². The molecule has 3 heterocycles. The molecule has 0 spiro atoms. The maximum Gasteiger partial charge on any atom is 0.227 e. The highest BCUT2D eigenvalue weighted by atomic mass is 32.1. The fourth-order valence-electron chi connectivity index (χ4n) is 3.42. The first kappa shape index (κ1) is 18.9. The molecule has 6 heteroatoms. The molecule has 28 heavy (non-hydrogen) atoms. The minimum Gasteiger partial charge on any atom is -0.459 e. The molecule has 5 nitrogen and oxygen atoms in total. The van der Waals surface area contributed by atoms with E-state index in [0.717, 1.165) is 60.5 Å². The van der Waals surface area contributed by atoms with E-state index < -0.39 is 0 Å². The van der Waals surface area contributed by atoms with Gasteiger partial charge in [0.15, 0.2) is 10.8 Å². The van der Waals surface area contributed by atoms with E-state index >= 15 is 0 Å². The molecule has 2 aromatic heterocycles. The van der Waals surface area contributed by atoms with E-state index in [-0.39, 0.29) is 5.91 Å². The van der Waals surface area contributed by atoms with Crippen LogP contribution in [-0.2, 0) is 17.8 Å². The van der Waals surface area contributed by atoms with Gasteiger partial charge in [0, 0.05) is 38.1 Å². The summed E-state index contributed by atoms with van der Waals surface area (Å²) in [6, 6.07) is 12.1. The van der Waals surface area contributed by atoms with Crippen LogP contribution in [0.2, 0.25) is 0 Å². The second-order valence-electron chi connectivity index (χ2n) is 7.37. The molecule has 0 saturated carbocycles. The fourth-order valence-corrected chi connectivity index (χ4v) is 4.19. The van der Waals surface area contributed by atoms with Crippen molar-refractivity contribution in [3.63, 3.8) is 0 Å². The Morgan fingerprint density at radius 3 is 2.50 bits per heavy atom. The SMILES string of the molecule is Cc1ccc(CC(=O)N2CCN(Cc3csc(-c4ccc(C)o4)n3)CC2)cc1. The summed E-state index contributed by atoms with van der Waals surface area (Å²) in [5.41, 5.74) is 3.37. The molecule has 0 unspecified atom stereocenters. The van der Waals surface area contributed by atoms with Crippen LogP contribution >= 0.6 is 11.3 Å². The highest BCUT2D eigenvalue weighted by molar-refractivity contribution is 7.13. The van der Waals surface area contributed by atoms with E-state index in [1.807, 2.05) is 36.1 Å². The topological polar surface area (TPSA) is 49.6 Å². The van der Waals surface area contributed by atoms with Crippen molar-refractivity contribution >= 4 is 17.2 Å². The van der Waals surface area contributed by atoms with Crippen molar-refractivity contribution in [1.82, 2.24) is 14.8 Å². The molecule has 0 bridgehead atoms. The zero-order valence-corrected chi connectivity index (χ0v) is 17.2. The van der Waals surface area contributed by atoms with Crippen molar-refractivity contribution in [1.29, 1.82) is 0 Å². The van der Waals surface area contributed by atoms with Crippen LogP contribution in [0, 0.1) is 13.8 Å². The van der Waals surface area contributed by atoms with E-state index in [0.29, 0.717) is 6.42 Å². The molecule has 1 aliphatic heterocycles. The summed E-state index contributed by atoms with van der Waals surface area (Å²) in [7, 11) is 0. The highest BCUT2D eigenvalue weighted by Crippen LogP contribution is 2.26. The molecule has 3 aromatic rings. The zero-order chi connectivity index (χ0) is 19.5. The van der Waals surface area contributed by atoms with Crippen LogP contribution in [0.3, 0.4) is 0 Å². The van der Waals surface area contributed by atoms with Crippen LogP contribution in [0.15, 0.2) is 46.2 Å². The quantitative estimate of drug-likeness (QED) is 0.657. The summed E-state index contributed by atoms with van der Waals surface area (Å²) in [5.74, 6) is 1.95. The number of carbonyl (C=O) groups excluding carboxylic acids is 1. The Hall–Kier alpha value is -2.44. The lowest BCUT2D eigenvalue weighted by Gasteiger charge is -2.34. The number of nitrogens with zero attached hydrogens (tertiary/aromatic N) is 3. The Morgan fingerprint density at radius 1 is 1.07 bits per heavy atom. The lowest BCUT2D eigenvalue weighted by molar-refractivity contribution is -0.132. The normalized spacial score (nSPS) is 15.1. The minimum atomic E-state index is 0.215. The average molecular weight is 396 g/mol. The molecule has 1 aromatic carbocycles. The Bertz CT molecular complexity index is 937. The molecule has 1 amide bonds. The van der Waals surface area contributed by atoms with Crippen LogP contribution in [0.5, 0.6) is 0 Å². The number of rotatable bonds is 5. The van der Waals surface area contributed by atoms with Gasteiger partial charge in [0.05, 0.1) is 12.1 Å². The predicted molar refractivity (Wildman–Crippen MR) is 111 cm³/mol. The summed E-state index contributed by atoms with van der Waals surface area (Å²) >= 11 is 1.62. The number of hydrogen-bond acceptors (Lipinski definition) is 5. The number of hydrogen-bond donors (Lipinski definition) is 0. The van der Waals surface area contributed by atoms with Crippen LogP contribution in [0.1, 0.15) is 22.6 Å². The second-order valence-corrected chi connectivity index (χ2v) is 8.23. The number of piperazine rings is 1. The predicted octanol–water partition coefficient (Wildman–Crippen LogP) is 3.91. The molecular weight excluding hydrogens is 370 g/mol. The number of benzene rings is 1. The van der Waals surface area contributed by atoms with Crippen molar-refractivity contribution in [2.24, 2.45) is 0 Å². The van der Waals surface area contributed by atoms with Crippen molar-refractivity contribution in [2.75, 3.05) is 26.2 Å². The summed E-state index contributed by atoms with van der Waals surface area (Å²) in [6.45, 7) is 8.14. The highest BCUT2D eigenvalue weighted by Gasteiger charge is 2.22. The summed E-state index contributed by atoms with van der Waals surface area (Å²) in [5, 5.41) is 3.03. The lowest BCUT2D eigenvalue weighted by Crippen LogP contribution is -2.48. The van der Waals surface area contributed by atoms with Crippen LogP contribution < -0.4 is 0 Å². The van der Waals surface area contributed by atoms with E-state index in [4.69, 9.17) is 9.40 Å². The molecular formula is C22H25N3O2S. The van der Waals surface area contributed by atoms with Crippen molar-refractivity contribution < 1.29 is 9.21 Å². The van der Waals surface area contributed by atoms with Gasteiger partial charge in [0.25, 0.3) is 0 Å². The van der Waals surface area contributed by atoms with Gasteiger partial charge in [-0.15, -0.1) is 11.3 Å². The van der Waals surface area contributed by atoms with Gasteiger partial charge in [-0.3, -0.25) is 9.69 Å². The van der Waals surface area contributed by atoms with Gasteiger partial charge < -0.3 is 9.32 Å². The van der Waals surface area contributed by atoms with E-state index in [9.17, 15) is 4.79 Å². The summed E-state index contributed by atoms with van der Waals surface area (Å²) < 4.78 is 5.66. The largest absolute Gasteiger partial charge is 0.459 e. The summed E-state index contributed by atoms with van der Waals surface area (Å²) in [4.78, 5) is 21.6. The molecule has 4 rings (SSSR count). The van der Waals surface area contributed by atoms with Gasteiger partial charge >= 0.3 is 0 Å². The second kappa shape index (κ2) is 8.29. The number of aryl methyl sites for hydroxylation is 2. The van der Waals surface area contributed by atoms with E-state index in [1.54, 1.807) is 11.3 Å². The third kappa shape index (κ3) is 4.51. The molecule has 0 radical (unpaired) electrons. The Kier molecular flexibility index (Phi) is 5.59. The molecule has 146 valence electrons. The Balaban J connectivity index is 1.28. The van der Waals surface area contributed by atoms with Crippen molar-refractivity contribution in [2.45, 2.75) is 26.8 Å². The van der Waals surface area contributed by atoms with Crippen LogP contribution in [0.4, 0.5) is 0 Å². The molecule has 1 aliphatic rings. The van der Waals surface area contributed by atoms with Gasteiger partial charge in [0.2, 0.25) is 5.91 Å². The molecule has 0 N–H and O–H groups in total. The third-order valence-corrected chi connectivity index (χ3v) is 6.00. The van der Waals surface area contributed by atoms with E-state index in [2.05, 4.69) is 29.3 Å². The first-order valence-electron chi connectivity index (χ1n) is 9.64. The first-order chi connectivity index (χ1) is 13.6. The third-order valence-electron chi connectivity index (χ3n) is 5.09. The maximum atomic E-state index is 12.6. The summed E-state index contributed by atoms with van der Waals surface area (Å²) in [6.07, 6.45) is 0.484. The number of furan rings is 1. The van der Waals surface area contributed by atoms with E-state index in [1.165, 1.54) is 5.56 Å². The Labute approximate surface area is 169 Å². The first-order valence-corrected chi connectivity index (χ1v) is 10.5. The number of amides is 1. The van der Waals surface area contributed by atoms with Crippen molar-refractivity contribution in [3.8, 4) is 10.8 Å². The average Bonchev–Trinajstić information content (AvgIpc) is 3.33. The number of aromatic nitrogens is 1. The van der Waals surface area contributed by atoms with Gasteiger partial charge in [-0.1, -0.05) is 29.8 Å². The monoisotopic (exact) mass is 395 g/mol. The molecule has 0 aliphatic carbocycles. The molecule has 1 saturated heterocycles. The van der Waals surface area contributed by atoms with Gasteiger partial charge in [-0.2, -0.15) is 0 Å². The van der Waals surface area contributed by atoms with Crippen LogP contribution in [0.25, 0.3) is 10.8 Å². The minimum absolute atomic E-state index is 0.215. The number of carbonyl (C=O) groups is 1. The Morgan fingerprint density at radius 2 is 1.82 bits per heavy atom. The molecule has 0 atom stereocenters. The van der Waals surface area contributed by atoms with Gasteiger partial charge in [-0.05, 0) is 31.5 Å². The van der Waals surface area contributed by atoms with Crippen LogP contribution in [-0.4, -0.2) is 46.9 Å². The fraction of sp³-hybridized carbons (Fsp3) is 0.364. The van der Waals surface area contributed by atoms with Gasteiger partial charge in [-0.25, -0.2) is 4.98 Å². The molecule has 1 fully saturated rings. The number of thiazole rings is 1. The smallest absolute Gasteiger partial charge is 0.227 e. The maximum absolute atomic E-state index is 12.6. The standard InChI is InChI=1S/C22H25N3O2S/c1-16-3-6-18(7-4-16)13-21(26)25-11-9-24(10-12-25)14-19-15-28-22(23-19)20-8-5-17(2)27-20/h3-8,15H,9-14H2,1-2H3. The zero-order valence-electron chi connectivity index (χ0n) is 16.4.